The monoisotopic (exact) mass is 326 g/mol. The summed E-state index contributed by atoms with van der Waals surface area (Å²) in [6, 6.07) is 0.482. The van der Waals surface area contributed by atoms with Gasteiger partial charge in [0.25, 0.3) is 0 Å². The highest BCUT2D eigenvalue weighted by molar-refractivity contribution is 5.76. The first-order valence-corrected chi connectivity index (χ1v) is 9.03. The van der Waals surface area contributed by atoms with E-state index in [9.17, 15) is 4.79 Å². The number of ether oxygens (including phenoxy) is 3. The van der Waals surface area contributed by atoms with E-state index >= 15 is 0 Å². The lowest BCUT2D eigenvalue weighted by molar-refractivity contribution is -0.131. The average Bonchev–Trinajstić information content (AvgIpc) is 3.22. The minimum absolute atomic E-state index is 0.222. The van der Waals surface area contributed by atoms with E-state index in [0.29, 0.717) is 31.6 Å². The van der Waals surface area contributed by atoms with Gasteiger partial charge in [0.05, 0.1) is 39.0 Å². The van der Waals surface area contributed by atoms with E-state index in [-0.39, 0.29) is 12.0 Å². The summed E-state index contributed by atoms with van der Waals surface area (Å²) >= 11 is 0. The number of morpholine rings is 1. The Hall–Kier alpha value is -0.690. The van der Waals surface area contributed by atoms with Gasteiger partial charge >= 0.3 is 0 Å². The lowest BCUT2D eigenvalue weighted by atomic mass is 10.0. The molecule has 0 aromatic heterocycles. The SMILES string of the molecule is C[C@@H]1CN(C(=O)CCOC[C@H]2CCCO2)C[C@H]1N1CCOCC1. The van der Waals surface area contributed by atoms with Crippen LogP contribution in [0, 0.1) is 5.92 Å². The van der Waals surface area contributed by atoms with E-state index in [0.717, 1.165) is 58.8 Å². The zero-order chi connectivity index (χ0) is 16.1. The number of carbonyl (C=O) groups excluding carboxylic acids is 1. The molecule has 3 heterocycles. The second kappa shape index (κ2) is 8.42. The predicted octanol–water partition coefficient (Wildman–Crippen LogP) is 0.751. The van der Waals surface area contributed by atoms with E-state index in [1.54, 1.807) is 0 Å². The summed E-state index contributed by atoms with van der Waals surface area (Å²) in [6.45, 7) is 9.55. The maximum Gasteiger partial charge on any atom is 0.224 e. The molecule has 6 nitrogen and oxygen atoms in total. The van der Waals surface area contributed by atoms with Crippen LogP contribution in [-0.2, 0) is 19.0 Å². The van der Waals surface area contributed by atoms with Crippen molar-refractivity contribution in [3.8, 4) is 0 Å². The molecule has 3 aliphatic rings. The molecule has 1 amide bonds. The van der Waals surface area contributed by atoms with Crippen LogP contribution in [0.4, 0.5) is 0 Å². The Morgan fingerprint density at radius 2 is 2.04 bits per heavy atom. The second-order valence-corrected chi connectivity index (χ2v) is 6.95. The van der Waals surface area contributed by atoms with Gasteiger partial charge in [-0.1, -0.05) is 6.92 Å². The molecule has 0 unspecified atom stereocenters. The normalized spacial score (nSPS) is 32.6. The molecule has 3 saturated heterocycles. The fourth-order valence-corrected chi connectivity index (χ4v) is 3.85. The van der Waals surface area contributed by atoms with Crippen molar-refractivity contribution in [2.45, 2.75) is 38.3 Å². The lowest BCUT2D eigenvalue weighted by Crippen LogP contribution is -2.47. The minimum Gasteiger partial charge on any atom is -0.379 e. The van der Waals surface area contributed by atoms with Crippen molar-refractivity contribution < 1.29 is 19.0 Å². The van der Waals surface area contributed by atoms with Crippen LogP contribution < -0.4 is 0 Å². The lowest BCUT2D eigenvalue weighted by Gasteiger charge is -2.34. The first-order valence-electron chi connectivity index (χ1n) is 9.03. The first-order chi connectivity index (χ1) is 11.2. The third kappa shape index (κ3) is 4.66. The van der Waals surface area contributed by atoms with Crippen LogP contribution in [0.5, 0.6) is 0 Å². The van der Waals surface area contributed by atoms with Crippen molar-refractivity contribution in [1.82, 2.24) is 9.80 Å². The molecule has 0 aromatic rings. The van der Waals surface area contributed by atoms with Crippen molar-refractivity contribution >= 4 is 5.91 Å². The second-order valence-electron chi connectivity index (χ2n) is 6.95. The van der Waals surface area contributed by atoms with Crippen LogP contribution in [-0.4, -0.2) is 87.1 Å². The van der Waals surface area contributed by atoms with Gasteiger partial charge in [-0.05, 0) is 18.8 Å². The van der Waals surface area contributed by atoms with Crippen molar-refractivity contribution in [3.63, 3.8) is 0 Å². The molecule has 3 fully saturated rings. The molecule has 0 radical (unpaired) electrons. The molecular formula is C17H30N2O4. The van der Waals surface area contributed by atoms with Gasteiger partial charge in [-0.15, -0.1) is 0 Å². The first kappa shape index (κ1) is 17.1. The molecule has 0 aliphatic carbocycles. The van der Waals surface area contributed by atoms with Crippen LogP contribution in [0.2, 0.25) is 0 Å². The Morgan fingerprint density at radius 3 is 2.78 bits per heavy atom. The number of hydrogen-bond donors (Lipinski definition) is 0. The molecule has 23 heavy (non-hydrogen) atoms. The smallest absolute Gasteiger partial charge is 0.224 e. The summed E-state index contributed by atoms with van der Waals surface area (Å²) in [5, 5.41) is 0. The maximum atomic E-state index is 12.4. The Balaban J connectivity index is 1.36. The number of rotatable bonds is 6. The number of hydrogen-bond acceptors (Lipinski definition) is 5. The largest absolute Gasteiger partial charge is 0.379 e. The molecular weight excluding hydrogens is 296 g/mol. The van der Waals surface area contributed by atoms with Gasteiger partial charge in [-0.2, -0.15) is 0 Å². The number of carbonyl (C=O) groups is 1. The van der Waals surface area contributed by atoms with E-state index in [1.807, 2.05) is 4.90 Å². The van der Waals surface area contributed by atoms with Crippen molar-refractivity contribution in [3.05, 3.63) is 0 Å². The molecule has 0 bridgehead atoms. The molecule has 3 rings (SSSR count). The molecule has 0 aromatic carbocycles. The van der Waals surface area contributed by atoms with Gasteiger partial charge in [0.1, 0.15) is 0 Å². The Bertz CT molecular complexity index is 381. The van der Waals surface area contributed by atoms with Gasteiger partial charge in [0.15, 0.2) is 0 Å². The van der Waals surface area contributed by atoms with Gasteiger partial charge < -0.3 is 19.1 Å². The number of likely N-dealkylation sites (tertiary alicyclic amines) is 1. The summed E-state index contributed by atoms with van der Waals surface area (Å²) in [5.41, 5.74) is 0. The maximum absolute atomic E-state index is 12.4. The van der Waals surface area contributed by atoms with Crippen LogP contribution in [0.25, 0.3) is 0 Å². The van der Waals surface area contributed by atoms with Gasteiger partial charge in [0, 0.05) is 38.8 Å². The van der Waals surface area contributed by atoms with Crippen molar-refractivity contribution in [1.29, 1.82) is 0 Å². The number of nitrogens with zero attached hydrogens (tertiary/aromatic N) is 2. The zero-order valence-electron chi connectivity index (χ0n) is 14.2. The summed E-state index contributed by atoms with van der Waals surface area (Å²) < 4.78 is 16.6. The Morgan fingerprint density at radius 1 is 1.22 bits per heavy atom. The highest BCUT2D eigenvalue weighted by atomic mass is 16.5. The van der Waals surface area contributed by atoms with Gasteiger partial charge in [-0.3, -0.25) is 9.69 Å². The third-order valence-electron chi connectivity index (χ3n) is 5.23. The average molecular weight is 326 g/mol. The summed E-state index contributed by atoms with van der Waals surface area (Å²) in [5.74, 6) is 0.754. The quantitative estimate of drug-likeness (QED) is 0.674. The Kier molecular flexibility index (Phi) is 6.28. The van der Waals surface area contributed by atoms with E-state index in [2.05, 4.69) is 11.8 Å². The van der Waals surface area contributed by atoms with E-state index in [1.165, 1.54) is 0 Å². The molecule has 0 N–H and O–H groups in total. The van der Waals surface area contributed by atoms with Gasteiger partial charge in [-0.25, -0.2) is 0 Å². The van der Waals surface area contributed by atoms with Crippen molar-refractivity contribution in [2.24, 2.45) is 5.92 Å². The van der Waals surface area contributed by atoms with Crippen LogP contribution in [0.3, 0.4) is 0 Å². The van der Waals surface area contributed by atoms with Gasteiger partial charge in [0.2, 0.25) is 5.91 Å². The minimum atomic E-state index is 0.222. The number of amides is 1. The summed E-state index contributed by atoms with van der Waals surface area (Å²) in [7, 11) is 0. The molecule has 0 spiro atoms. The fraction of sp³-hybridized carbons (Fsp3) is 0.941. The van der Waals surface area contributed by atoms with Crippen LogP contribution >= 0.6 is 0 Å². The zero-order valence-corrected chi connectivity index (χ0v) is 14.2. The topological polar surface area (TPSA) is 51.2 Å². The molecule has 132 valence electrons. The van der Waals surface area contributed by atoms with E-state index in [4.69, 9.17) is 14.2 Å². The third-order valence-corrected chi connectivity index (χ3v) is 5.23. The highest BCUT2D eigenvalue weighted by Crippen LogP contribution is 2.23. The van der Waals surface area contributed by atoms with Crippen molar-refractivity contribution in [2.75, 3.05) is 59.2 Å². The predicted molar refractivity (Wildman–Crippen MR) is 86.3 cm³/mol. The fourth-order valence-electron chi connectivity index (χ4n) is 3.85. The molecule has 0 saturated carbocycles. The standard InChI is InChI=1S/C17H30N2O4/c1-14-11-19(12-16(14)18-5-9-21-10-6-18)17(20)4-8-22-13-15-3-2-7-23-15/h14-16H,2-13H2,1H3/t14-,15-,16-/m1/s1. The van der Waals surface area contributed by atoms with Crippen LogP contribution in [0.1, 0.15) is 26.2 Å². The molecule has 6 heteroatoms. The van der Waals surface area contributed by atoms with Crippen LogP contribution in [0.15, 0.2) is 0 Å². The highest BCUT2D eigenvalue weighted by Gasteiger charge is 2.36. The summed E-state index contributed by atoms with van der Waals surface area (Å²) in [4.78, 5) is 16.9. The molecule has 3 atom stereocenters. The molecule has 3 aliphatic heterocycles. The Labute approximate surface area is 139 Å². The summed E-state index contributed by atoms with van der Waals surface area (Å²) in [6.07, 6.45) is 2.93. The van der Waals surface area contributed by atoms with E-state index < -0.39 is 0 Å².